The van der Waals surface area contributed by atoms with E-state index in [0.29, 0.717) is 19.1 Å². The molecule has 0 radical (unpaired) electrons. The number of benzene rings is 1. The monoisotopic (exact) mass is 277 g/mol. The zero-order valence-corrected chi connectivity index (χ0v) is 12.2. The van der Waals surface area contributed by atoms with E-state index >= 15 is 0 Å². The van der Waals surface area contributed by atoms with E-state index in [4.69, 9.17) is 14.2 Å². The molecule has 1 aliphatic heterocycles. The maximum Gasteiger partial charge on any atom is 0.161 e. The van der Waals surface area contributed by atoms with Gasteiger partial charge in [-0.3, -0.25) is 0 Å². The molecule has 110 valence electrons. The van der Waals surface area contributed by atoms with E-state index in [1.54, 1.807) is 0 Å². The molecule has 1 saturated carbocycles. The molecule has 2 atom stereocenters. The van der Waals surface area contributed by atoms with Crippen LogP contribution in [0.2, 0.25) is 0 Å². The van der Waals surface area contributed by atoms with E-state index < -0.39 is 0 Å². The molecular formula is C16H23NO3. The largest absolute Gasteiger partial charge is 0.486 e. The van der Waals surface area contributed by atoms with Gasteiger partial charge in [-0.05, 0) is 50.4 Å². The van der Waals surface area contributed by atoms with E-state index in [0.717, 1.165) is 18.1 Å². The minimum absolute atomic E-state index is 0.207. The fraction of sp³-hybridized carbons (Fsp3) is 0.625. The predicted molar refractivity (Wildman–Crippen MR) is 77.4 cm³/mol. The van der Waals surface area contributed by atoms with E-state index in [1.807, 2.05) is 13.1 Å². The average Bonchev–Trinajstić information content (AvgIpc) is 3.31. The SMILES string of the molecule is CCOC(C1CC1)C(NC)c1ccc2c(c1)OCCO2. The van der Waals surface area contributed by atoms with Crippen molar-refractivity contribution in [3.8, 4) is 11.5 Å². The lowest BCUT2D eigenvalue weighted by atomic mass is 9.97. The van der Waals surface area contributed by atoms with Crippen molar-refractivity contribution in [1.82, 2.24) is 5.32 Å². The molecule has 1 N–H and O–H groups in total. The second-order valence-corrected chi connectivity index (χ2v) is 5.43. The van der Waals surface area contributed by atoms with Crippen molar-refractivity contribution in [2.45, 2.75) is 31.9 Å². The maximum atomic E-state index is 5.98. The maximum absolute atomic E-state index is 5.98. The molecule has 0 saturated heterocycles. The minimum Gasteiger partial charge on any atom is -0.486 e. The Morgan fingerprint density at radius 1 is 1.25 bits per heavy atom. The lowest BCUT2D eigenvalue weighted by molar-refractivity contribution is 0.0203. The summed E-state index contributed by atoms with van der Waals surface area (Å²) in [4.78, 5) is 0. The van der Waals surface area contributed by atoms with Crippen LogP contribution in [-0.4, -0.2) is 33.0 Å². The molecule has 1 fully saturated rings. The first-order valence-corrected chi connectivity index (χ1v) is 7.52. The van der Waals surface area contributed by atoms with Gasteiger partial charge in [-0.2, -0.15) is 0 Å². The van der Waals surface area contributed by atoms with Crippen LogP contribution in [0.5, 0.6) is 11.5 Å². The summed E-state index contributed by atoms with van der Waals surface area (Å²) in [6.07, 6.45) is 2.79. The second-order valence-electron chi connectivity index (χ2n) is 5.43. The first-order valence-electron chi connectivity index (χ1n) is 7.52. The van der Waals surface area contributed by atoms with Gasteiger partial charge in [-0.25, -0.2) is 0 Å². The highest BCUT2D eigenvalue weighted by Gasteiger charge is 2.37. The topological polar surface area (TPSA) is 39.7 Å². The van der Waals surface area contributed by atoms with Crippen LogP contribution in [0.25, 0.3) is 0 Å². The second kappa shape index (κ2) is 6.02. The molecule has 1 aliphatic carbocycles. The van der Waals surface area contributed by atoms with Crippen LogP contribution in [0.4, 0.5) is 0 Å². The molecular weight excluding hydrogens is 254 g/mol. The molecule has 0 amide bonds. The Bertz CT molecular complexity index is 459. The Morgan fingerprint density at radius 3 is 2.65 bits per heavy atom. The van der Waals surface area contributed by atoms with Gasteiger partial charge < -0.3 is 19.5 Å². The first-order chi connectivity index (χ1) is 9.83. The predicted octanol–water partition coefficient (Wildman–Crippen LogP) is 2.53. The zero-order valence-electron chi connectivity index (χ0n) is 12.2. The summed E-state index contributed by atoms with van der Waals surface area (Å²) in [5, 5.41) is 3.41. The summed E-state index contributed by atoms with van der Waals surface area (Å²) in [6, 6.07) is 6.41. The first kappa shape index (κ1) is 13.7. The Balaban J connectivity index is 1.84. The van der Waals surface area contributed by atoms with Gasteiger partial charge >= 0.3 is 0 Å². The van der Waals surface area contributed by atoms with Crippen molar-refractivity contribution in [2.24, 2.45) is 5.92 Å². The van der Waals surface area contributed by atoms with Crippen LogP contribution >= 0.6 is 0 Å². The Labute approximate surface area is 120 Å². The molecule has 4 nitrogen and oxygen atoms in total. The number of likely N-dealkylation sites (N-methyl/N-ethyl adjacent to an activating group) is 1. The molecule has 0 bridgehead atoms. The number of nitrogens with one attached hydrogen (secondary N) is 1. The van der Waals surface area contributed by atoms with Gasteiger partial charge in [-0.1, -0.05) is 6.07 Å². The molecule has 0 spiro atoms. The normalized spacial score (nSPS) is 20.5. The molecule has 3 rings (SSSR count). The van der Waals surface area contributed by atoms with Crippen molar-refractivity contribution in [3.63, 3.8) is 0 Å². The van der Waals surface area contributed by atoms with E-state index in [-0.39, 0.29) is 12.1 Å². The van der Waals surface area contributed by atoms with Crippen molar-refractivity contribution in [2.75, 3.05) is 26.9 Å². The summed E-state index contributed by atoms with van der Waals surface area (Å²) >= 11 is 0. The van der Waals surface area contributed by atoms with Crippen molar-refractivity contribution in [3.05, 3.63) is 23.8 Å². The van der Waals surface area contributed by atoms with Crippen LogP contribution in [0.1, 0.15) is 31.4 Å². The van der Waals surface area contributed by atoms with Gasteiger partial charge in [0.05, 0.1) is 12.1 Å². The summed E-state index contributed by atoms with van der Waals surface area (Å²) in [7, 11) is 2.00. The standard InChI is InChI=1S/C16H23NO3/c1-3-18-16(11-4-5-11)15(17-2)12-6-7-13-14(10-12)20-9-8-19-13/h6-7,10-11,15-17H,3-5,8-9H2,1-2H3. The molecule has 2 aliphatic rings. The lowest BCUT2D eigenvalue weighted by Gasteiger charge is -2.28. The van der Waals surface area contributed by atoms with Gasteiger partial charge in [0.2, 0.25) is 0 Å². The molecule has 2 unspecified atom stereocenters. The number of hydrogen-bond acceptors (Lipinski definition) is 4. The highest BCUT2D eigenvalue weighted by molar-refractivity contribution is 5.45. The van der Waals surface area contributed by atoms with Crippen molar-refractivity contribution in [1.29, 1.82) is 0 Å². The molecule has 1 aromatic rings. The van der Waals surface area contributed by atoms with Gasteiger partial charge in [0, 0.05) is 6.61 Å². The summed E-state index contributed by atoms with van der Waals surface area (Å²) < 4.78 is 17.2. The fourth-order valence-electron chi connectivity index (χ4n) is 2.90. The van der Waals surface area contributed by atoms with Crippen LogP contribution < -0.4 is 14.8 Å². The third kappa shape index (κ3) is 2.76. The van der Waals surface area contributed by atoms with Crippen LogP contribution in [0, 0.1) is 5.92 Å². The van der Waals surface area contributed by atoms with E-state index in [1.165, 1.54) is 18.4 Å². The van der Waals surface area contributed by atoms with Crippen molar-refractivity contribution >= 4 is 0 Å². The Morgan fingerprint density at radius 2 is 2.00 bits per heavy atom. The molecule has 1 heterocycles. The lowest BCUT2D eigenvalue weighted by Crippen LogP contribution is -2.33. The van der Waals surface area contributed by atoms with E-state index in [2.05, 4.69) is 24.4 Å². The third-order valence-electron chi connectivity index (χ3n) is 4.01. The number of rotatable bonds is 6. The number of fused-ring (bicyclic) bond motifs is 1. The van der Waals surface area contributed by atoms with Gasteiger partial charge in [0.1, 0.15) is 13.2 Å². The summed E-state index contributed by atoms with van der Waals surface area (Å²) in [5.41, 5.74) is 1.21. The fourth-order valence-corrected chi connectivity index (χ4v) is 2.90. The molecule has 1 aromatic carbocycles. The zero-order chi connectivity index (χ0) is 13.9. The van der Waals surface area contributed by atoms with Gasteiger partial charge in [0.25, 0.3) is 0 Å². The highest BCUT2D eigenvalue weighted by atomic mass is 16.6. The van der Waals surface area contributed by atoms with E-state index in [9.17, 15) is 0 Å². The average molecular weight is 277 g/mol. The minimum atomic E-state index is 0.207. The van der Waals surface area contributed by atoms with Crippen LogP contribution in [0.3, 0.4) is 0 Å². The Kier molecular flexibility index (Phi) is 4.13. The number of ether oxygens (including phenoxy) is 3. The summed E-state index contributed by atoms with van der Waals surface area (Å²) in [6.45, 7) is 4.07. The van der Waals surface area contributed by atoms with Crippen LogP contribution in [0.15, 0.2) is 18.2 Å². The quantitative estimate of drug-likeness (QED) is 0.867. The third-order valence-corrected chi connectivity index (χ3v) is 4.01. The smallest absolute Gasteiger partial charge is 0.161 e. The summed E-state index contributed by atoms with van der Waals surface area (Å²) in [5.74, 6) is 2.37. The molecule has 4 heteroatoms. The molecule has 0 aromatic heterocycles. The van der Waals surface area contributed by atoms with Gasteiger partial charge in [0.15, 0.2) is 11.5 Å². The molecule has 20 heavy (non-hydrogen) atoms. The van der Waals surface area contributed by atoms with Crippen LogP contribution in [-0.2, 0) is 4.74 Å². The van der Waals surface area contributed by atoms with Crippen molar-refractivity contribution < 1.29 is 14.2 Å². The van der Waals surface area contributed by atoms with Gasteiger partial charge in [-0.15, -0.1) is 0 Å². The number of hydrogen-bond donors (Lipinski definition) is 1. The Hall–Kier alpha value is -1.26. The highest BCUT2D eigenvalue weighted by Crippen LogP contribution is 2.41.